The second kappa shape index (κ2) is 9.81. The molecule has 0 saturated carbocycles. The largest absolute Gasteiger partial charge is 0.492 e. The van der Waals surface area contributed by atoms with Crippen molar-refractivity contribution in [1.29, 1.82) is 0 Å². The van der Waals surface area contributed by atoms with Gasteiger partial charge in [-0.2, -0.15) is 4.99 Å². The van der Waals surface area contributed by atoms with Crippen molar-refractivity contribution < 1.29 is 24.0 Å². The molecule has 9 nitrogen and oxygen atoms in total. The lowest BCUT2D eigenvalue weighted by molar-refractivity contribution is -0.384. The van der Waals surface area contributed by atoms with Gasteiger partial charge in [-0.1, -0.05) is 29.5 Å². The summed E-state index contributed by atoms with van der Waals surface area (Å²) in [6, 6.07) is 11.3. The normalized spacial score (nSPS) is 11.7. The summed E-state index contributed by atoms with van der Waals surface area (Å²) < 4.78 is 12.8. The van der Waals surface area contributed by atoms with Crippen LogP contribution in [-0.4, -0.2) is 35.1 Å². The van der Waals surface area contributed by atoms with E-state index in [0.717, 1.165) is 4.70 Å². The molecule has 0 saturated heterocycles. The van der Waals surface area contributed by atoms with Crippen LogP contribution in [0, 0.1) is 10.1 Å². The number of nitro benzene ring substituents is 1. The average molecular weight is 441 g/mol. The Hall–Kier alpha value is -3.79. The topological polar surface area (TPSA) is 113 Å². The van der Waals surface area contributed by atoms with Gasteiger partial charge < -0.3 is 14.0 Å². The monoisotopic (exact) mass is 441 g/mol. The van der Waals surface area contributed by atoms with Crippen LogP contribution in [-0.2, 0) is 20.9 Å². The molecule has 3 aromatic rings. The van der Waals surface area contributed by atoms with E-state index in [2.05, 4.69) is 4.99 Å². The zero-order valence-electron chi connectivity index (χ0n) is 16.8. The molecule has 1 amide bonds. The molecule has 1 aromatic heterocycles. The highest BCUT2D eigenvalue weighted by molar-refractivity contribution is 7.16. The number of nitro groups is 1. The van der Waals surface area contributed by atoms with Crippen molar-refractivity contribution in [3.63, 3.8) is 0 Å². The van der Waals surface area contributed by atoms with E-state index in [0.29, 0.717) is 28.2 Å². The average Bonchev–Trinajstić information content (AvgIpc) is 3.10. The number of carbonyl (C=O) groups is 2. The van der Waals surface area contributed by atoms with Crippen molar-refractivity contribution in [3.8, 4) is 5.75 Å². The Labute approximate surface area is 181 Å². The number of thiazole rings is 1. The van der Waals surface area contributed by atoms with Gasteiger partial charge in [0.1, 0.15) is 17.8 Å². The number of amides is 1. The Kier molecular flexibility index (Phi) is 6.93. The molecule has 0 aliphatic rings. The predicted octanol–water partition coefficient (Wildman–Crippen LogP) is 3.32. The van der Waals surface area contributed by atoms with Crippen LogP contribution in [0.4, 0.5) is 5.69 Å². The molecule has 160 valence electrons. The third-order valence-electron chi connectivity index (χ3n) is 4.18. The van der Waals surface area contributed by atoms with Crippen LogP contribution in [0.5, 0.6) is 5.75 Å². The number of nitrogens with zero attached hydrogens (tertiary/aromatic N) is 3. The molecule has 0 spiro atoms. The minimum absolute atomic E-state index is 0.0737. The maximum absolute atomic E-state index is 12.5. The molecule has 1 heterocycles. The number of methoxy groups -OCH3 is 1. The minimum atomic E-state index is -0.574. The molecule has 10 heteroatoms. The number of benzene rings is 2. The summed E-state index contributed by atoms with van der Waals surface area (Å²) in [5.74, 6) is -0.497. The fraction of sp³-hybridized carbons (Fsp3) is 0.190. The summed E-state index contributed by atoms with van der Waals surface area (Å²) in [5, 5.41) is 10.9. The SMILES string of the molecule is CCOc1cccc2sc(=NC(=O)C=Cc3cccc([N+](=O)[O-])c3)n(CC(=O)OC)c12. The summed E-state index contributed by atoms with van der Waals surface area (Å²) in [6.45, 7) is 2.15. The zero-order chi connectivity index (χ0) is 22.4. The Morgan fingerprint density at radius 2 is 2.03 bits per heavy atom. The number of fused-ring (bicyclic) bond motifs is 1. The van der Waals surface area contributed by atoms with Crippen molar-refractivity contribution >= 4 is 45.2 Å². The highest BCUT2D eigenvalue weighted by Crippen LogP contribution is 2.27. The van der Waals surface area contributed by atoms with Crippen LogP contribution in [0.25, 0.3) is 16.3 Å². The summed E-state index contributed by atoms with van der Waals surface area (Å²) in [6.07, 6.45) is 2.66. The molecule has 31 heavy (non-hydrogen) atoms. The van der Waals surface area contributed by atoms with Gasteiger partial charge in [-0.3, -0.25) is 19.7 Å². The van der Waals surface area contributed by atoms with E-state index in [1.54, 1.807) is 16.7 Å². The van der Waals surface area contributed by atoms with Crippen LogP contribution in [0.15, 0.2) is 53.5 Å². The van der Waals surface area contributed by atoms with E-state index >= 15 is 0 Å². The number of rotatable bonds is 7. The molecule has 0 N–H and O–H groups in total. The maximum Gasteiger partial charge on any atom is 0.325 e. The number of esters is 1. The fourth-order valence-electron chi connectivity index (χ4n) is 2.84. The van der Waals surface area contributed by atoms with Crippen molar-refractivity contribution in [1.82, 2.24) is 4.57 Å². The van der Waals surface area contributed by atoms with E-state index < -0.39 is 16.8 Å². The van der Waals surface area contributed by atoms with E-state index in [9.17, 15) is 19.7 Å². The van der Waals surface area contributed by atoms with Crippen LogP contribution in [0.2, 0.25) is 0 Å². The molecular weight excluding hydrogens is 422 g/mol. The van der Waals surface area contributed by atoms with Gasteiger partial charge in [-0.25, -0.2) is 0 Å². The first-order chi connectivity index (χ1) is 14.9. The zero-order valence-corrected chi connectivity index (χ0v) is 17.6. The first kappa shape index (κ1) is 21.9. The third-order valence-corrected chi connectivity index (χ3v) is 5.23. The number of carbonyl (C=O) groups excluding carboxylic acids is 2. The van der Waals surface area contributed by atoms with Crippen LogP contribution < -0.4 is 9.54 Å². The lowest BCUT2D eigenvalue weighted by Gasteiger charge is -2.08. The Bertz CT molecular complexity index is 1240. The van der Waals surface area contributed by atoms with Crippen molar-refractivity contribution in [2.45, 2.75) is 13.5 Å². The van der Waals surface area contributed by atoms with Crippen molar-refractivity contribution in [2.24, 2.45) is 4.99 Å². The van der Waals surface area contributed by atoms with E-state index in [-0.39, 0.29) is 12.2 Å². The minimum Gasteiger partial charge on any atom is -0.492 e. The van der Waals surface area contributed by atoms with Crippen molar-refractivity contribution in [3.05, 3.63) is 69.0 Å². The van der Waals surface area contributed by atoms with E-state index in [1.165, 1.54) is 48.8 Å². The highest BCUT2D eigenvalue weighted by Gasteiger charge is 2.15. The number of para-hydroxylation sites is 1. The predicted molar refractivity (Wildman–Crippen MR) is 116 cm³/mol. The van der Waals surface area contributed by atoms with Crippen LogP contribution in [0.3, 0.4) is 0 Å². The second-order valence-corrected chi connectivity index (χ2v) is 7.23. The summed E-state index contributed by atoms with van der Waals surface area (Å²) in [7, 11) is 1.28. The Morgan fingerprint density at radius 3 is 2.74 bits per heavy atom. The van der Waals surface area contributed by atoms with Gasteiger partial charge in [0.15, 0.2) is 4.80 Å². The van der Waals surface area contributed by atoms with Crippen LogP contribution >= 0.6 is 11.3 Å². The van der Waals surface area contributed by atoms with Gasteiger partial charge >= 0.3 is 5.97 Å². The molecule has 0 radical (unpaired) electrons. The first-order valence-corrected chi connectivity index (χ1v) is 10.1. The molecule has 0 aliphatic heterocycles. The number of hydrogen-bond donors (Lipinski definition) is 0. The highest BCUT2D eigenvalue weighted by atomic mass is 32.1. The third kappa shape index (κ3) is 5.23. The lowest BCUT2D eigenvalue weighted by Crippen LogP contribution is -2.22. The lowest BCUT2D eigenvalue weighted by atomic mass is 10.2. The van der Waals surface area contributed by atoms with Crippen molar-refractivity contribution in [2.75, 3.05) is 13.7 Å². The standard InChI is InChI=1S/C21H19N3O6S/c1-3-30-16-8-5-9-17-20(16)23(13-19(26)29-2)21(31-17)22-18(25)11-10-14-6-4-7-15(12-14)24(27)28/h4-12H,3,13H2,1-2H3. The Balaban J connectivity index is 2.02. The van der Waals surface area contributed by atoms with Gasteiger partial charge in [-0.15, -0.1) is 0 Å². The van der Waals surface area contributed by atoms with Gasteiger partial charge in [0.05, 0.1) is 23.3 Å². The number of ether oxygens (including phenoxy) is 2. The van der Waals surface area contributed by atoms with Gasteiger partial charge in [0, 0.05) is 18.2 Å². The first-order valence-electron chi connectivity index (χ1n) is 9.26. The summed E-state index contributed by atoms with van der Waals surface area (Å²) in [4.78, 5) is 39.2. The molecule has 0 aliphatic carbocycles. The molecule has 2 aromatic carbocycles. The van der Waals surface area contributed by atoms with Gasteiger partial charge in [0.25, 0.3) is 11.6 Å². The fourth-order valence-corrected chi connectivity index (χ4v) is 3.89. The van der Waals surface area contributed by atoms with Gasteiger partial charge in [-0.05, 0) is 30.7 Å². The smallest absolute Gasteiger partial charge is 0.325 e. The quantitative estimate of drug-likeness (QED) is 0.241. The number of hydrogen-bond acceptors (Lipinski definition) is 7. The summed E-state index contributed by atoms with van der Waals surface area (Å²) in [5.41, 5.74) is 1.07. The second-order valence-electron chi connectivity index (χ2n) is 6.22. The molecule has 0 fully saturated rings. The molecular formula is C21H19N3O6S. The molecule has 0 bridgehead atoms. The number of aromatic nitrogens is 1. The molecule has 0 unspecified atom stereocenters. The molecule has 3 rings (SSSR count). The van der Waals surface area contributed by atoms with E-state index in [1.807, 2.05) is 19.1 Å². The van der Waals surface area contributed by atoms with Crippen LogP contribution in [0.1, 0.15) is 12.5 Å². The number of non-ortho nitro benzene ring substituents is 1. The maximum atomic E-state index is 12.5. The summed E-state index contributed by atoms with van der Waals surface area (Å²) >= 11 is 1.24. The Morgan fingerprint density at radius 1 is 1.26 bits per heavy atom. The molecule has 0 atom stereocenters. The van der Waals surface area contributed by atoms with E-state index in [4.69, 9.17) is 9.47 Å². The van der Waals surface area contributed by atoms with Gasteiger partial charge in [0.2, 0.25) is 0 Å².